The van der Waals surface area contributed by atoms with Crippen LogP contribution in [0.3, 0.4) is 0 Å². The van der Waals surface area contributed by atoms with Gasteiger partial charge in [-0.1, -0.05) is 38.4 Å². The first-order valence-electron chi connectivity index (χ1n) is 6.35. The number of aromatic hydroxyl groups is 1. The van der Waals surface area contributed by atoms with Crippen LogP contribution in [0.5, 0.6) is 5.75 Å². The first-order valence-corrected chi connectivity index (χ1v) is 6.73. The second kappa shape index (κ2) is 5.63. The molecule has 0 radical (unpaired) electrons. The smallest absolute Gasteiger partial charge is 0.141 e. The van der Waals surface area contributed by atoms with Crippen LogP contribution in [0.4, 0.5) is 5.69 Å². The van der Waals surface area contributed by atoms with Crippen molar-refractivity contribution in [1.82, 2.24) is 4.98 Å². The summed E-state index contributed by atoms with van der Waals surface area (Å²) in [6.07, 6.45) is 4.85. The number of hydrogen-bond acceptors (Lipinski definition) is 3. The molecular formula is C16H17ClN2O. The topological polar surface area (TPSA) is 45.5 Å². The summed E-state index contributed by atoms with van der Waals surface area (Å²) in [5.41, 5.74) is 2.42. The molecule has 0 aliphatic rings. The Bertz CT molecular complexity index is 645. The average molecular weight is 289 g/mol. The van der Waals surface area contributed by atoms with Gasteiger partial charge < -0.3 is 5.11 Å². The summed E-state index contributed by atoms with van der Waals surface area (Å²) in [5, 5.41) is 10.4. The molecule has 0 atom stereocenters. The third-order valence-electron chi connectivity index (χ3n) is 2.99. The quantitative estimate of drug-likeness (QED) is 0.828. The lowest BCUT2D eigenvalue weighted by Crippen LogP contribution is -2.10. The molecule has 0 aliphatic carbocycles. The van der Waals surface area contributed by atoms with Crippen molar-refractivity contribution in [3.8, 4) is 5.75 Å². The Morgan fingerprint density at radius 3 is 2.65 bits per heavy atom. The van der Waals surface area contributed by atoms with Gasteiger partial charge in [-0.25, -0.2) is 0 Å². The summed E-state index contributed by atoms with van der Waals surface area (Å²) in [5.74, 6) is 0.152. The average Bonchev–Trinajstić information content (AvgIpc) is 2.38. The molecule has 0 fully saturated rings. The van der Waals surface area contributed by atoms with Gasteiger partial charge in [0.1, 0.15) is 11.4 Å². The van der Waals surface area contributed by atoms with Crippen molar-refractivity contribution in [3.63, 3.8) is 0 Å². The van der Waals surface area contributed by atoms with Gasteiger partial charge in [-0.15, -0.1) is 0 Å². The Kier molecular flexibility index (Phi) is 4.09. The molecule has 4 heteroatoms. The van der Waals surface area contributed by atoms with Gasteiger partial charge in [0, 0.05) is 24.2 Å². The highest BCUT2D eigenvalue weighted by molar-refractivity contribution is 6.32. The van der Waals surface area contributed by atoms with E-state index in [1.807, 2.05) is 12.1 Å². The van der Waals surface area contributed by atoms with Gasteiger partial charge in [-0.2, -0.15) is 0 Å². The Hall–Kier alpha value is -1.87. The zero-order valence-corrected chi connectivity index (χ0v) is 12.5. The SMILES string of the molecule is CC(C)(C)c1ccc(O)c(/N=C/c2ccncc2Cl)c1. The molecule has 1 aromatic heterocycles. The van der Waals surface area contributed by atoms with E-state index in [0.29, 0.717) is 10.7 Å². The van der Waals surface area contributed by atoms with E-state index in [0.717, 1.165) is 11.1 Å². The summed E-state index contributed by atoms with van der Waals surface area (Å²) in [7, 11) is 0. The molecule has 1 aromatic carbocycles. The third-order valence-corrected chi connectivity index (χ3v) is 3.30. The molecule has 0 amide bonds. The van der Waals surface area contributed by atoms with E-state index in [9.17, 15) is 5.11 Å². The molecule has 0 spiro atoms. The monoisotopic (exact) mass is 288 g/mol. The fraction of sp³-hybridized carbons (Fsp3) is 0.250. The fourth-order valence-corrected chi connectivity index (χ4v) is 1.89. The van der Waals surface area contributed by atoms with Gasteiger partial charge in [-0.05, 0) is 29.2 Å². The molecule has 0 saturated carbocycles. The molecule has 0 bridgehead atoms. The summed E-state index contributed by atoms with van der Waals surface area (Å²) < 4.78 is 0. The van der Waals surface area contributed by atoms with Crippen LogP contribution in [0.25, 0.3) is 0 Å². The molecule has 1 N–H and O–H groups in total. The molecule has 20 heavy (non-hydrogen) atoms. The van der Waals surface area contributed by atoms with Crippen LogP contribution >= 0.6 is 11.6 Å². The van der Waals surface area contributed by atoms with Gasteiger partial charge in [0.05, 0.1) is 5.02 Å². The van der Waals surface area contributed by atoms with E-state index < -0.39 is 0 Å². The zero-order valence-electron chi connectivity index (χ0n) is 11.8. The Balaban J connectivity index is 2.36. The van der Waals surface area contributed by atoms with Crippen molar-refractivity contribution < 1.29 is 5.11 Å². The van der Waals surface area contributed by atoms with Crippen LogP contribution in [0.1, 0.15) is 31.9 Å². The van der Waals surface area contributed by atoms with Gasteiger partial charge in [0.15, 0.2) is 0 Å². The van der Waals surface area contributed by atoms with E-state index in [-0.39, 0.29) is 11.2 Å². The number of aliphatic imine (C=N–C) groups is 1. The molecule has 0 aliphatic heterocycles. The van der Waals surface area contributed by atoms with Crippen molar-refractivity contribution in [2.45, 2.75) is 26.2 Å². The second-order valence-electron chi connectivity index (χ2n) is 5.61. The third kappa shape index (κ3) is 3.36. The molecule has 3 nitrogen and oxygen atoms in total. The number of benzene rings is 1. The van der Waals surface area contributed by atoms with Crippen molar-refractivity contribution >= 4 is 23.5 Å². The van der Waals surface area contributed by atoms with Gasteiger partial charge in [-0.3, -0.25) is 9.98 Å². The highest BCUT2D eigenvalue weighted by atomic mass is 35.5. The lowest BCUT2D eigenvalue weighted by Gasteiger charge is -2.19. The van der Waals surface area contributed by atoms with Gasteiger partial charge in [0.25, 0.3) is 0 Å². The first kappa shape index (κ1) is 14.5. The predicted octanol–water partition coefficient (Wildman–Crippen LogP) is 4.49. The fourth-order valence-electron chi connectivity index (χ4n) is 1.72. The van der Waals surface area contributed by atoms with Crippen LogP contribution in [0.15, 0.2) is 41.7 Å². The number of phenols is 1. The van der Waals surface area contributed by atoms with E-state index in [1.165, 1.54) is 0 Å². The Morgan fingerprint density at radius 2 is 2.00 bits per heavy atom. The van der Waals surface area contributed by atoms with Crippen molar-refractivity contribution in [1.29, 1.82) is 0 Å². The zero-order chi connectivity index (χ0) is 14.8. The number of rotatable bonds is 2. The van der Waals surface area contributed by atoms with E-state index in [4.69, 9.17) is 11.6 Å². The Morgan fingerprint density at radius 1 is 1.25 bits per heavy atom. The van der Waals surface area contributed by atoms with Crippen molar-refractivity contribution in [2.24, 2.45) is 4.99 Å². The van der Waals surface area contributed by atoms with E-state index in [1.54, 1.807) is 30.7 Å². The molecule has 1 heterocycles. The number of hydrogen-bond donors (Lipinski definition) is 1. The number of halogens is 1. The number of phenolic OH excluding ortho intramolecular Hbond substituents is 1. The molecule has 2 aromatic rings. The maximum Gasteiger partial charge on any atom is 0.141 e. The van der Waals surface area contributed by atoms with Crippen LogP contribution < -0.4 is 0 Å². The molecule has 0 saturated heterocycles. The highest BCUT2D eigenvalue weighted by Gasteiger charge is 2.15. The minimum atomic E-state index is 0.00623. The van der Waals surface area contributed by atoms with Gasteiger partial charge >= 0.3 is 0 Å². The minimum absolute atomic E-state index is 0.00623. The van der Waals surface area contributed by atoms with Crippen molar-refractivity contribution in [2.75, 3.05) is 0 Å². The number of nitrogens with zero attached hydrogens (tertiary/aromatic N) is 2. The summed E-state index contributed by atoms with van der Waals surface area (Å²) >= 11 is 6.02. The van der Waals surface area contributed by atoms with E-state index in [2.05, 4.69) is 30.7 Å². The summed E-state index contributed by atoms with van der Waals surface area (Å²) in [6, 6.07) is 7.24. The normalized spacial score (nSPS) is 12.0. The number of pyridine rings is 1. The predicted molar refractivity (Wildman–Crippen MR) is 83.3 cm³/mol. The lowest BCUT2D eigenvalue weighted by molar-refractivity contribution is 0.475. The first-order chi connectivity index (χ1) is 9.38. The lowest BCUT2D eigenvalue weighted by atomic mass is 9.87. The largest absolute Gasteiger partial charge is 0.506 e. The summed E-state index contributed by atoms with van der Waals surface area (Å²) in [4.78, 5) is 8.24. The van der Waals surface area contributed by atoms with Crippen LogP contribution in [-0.2, 0) is 5.41 Å². The van der Waals surface area contributed by atoms with Crippen LogP contribution in [-0.4, -0.2) is 16.3 Å². The maximum absolute atomic E-state index is 9.89. The molecule has 0 unspecified atom stereocenters. The maximum atomic E-state index is 9.89. The highest BCUT2D eigenvalue weighted by Crippen LogP contribution is 2.32. The standard InChI is InChI=1S/C16H17ClN2O/c1-16(2,3)12-4-5-15(20)14(8-12)19-9-11-6-7-18-10-13(11)17/h4-10,20H,1-3H3/b19-9+. The van der Waals surface area contributed by atoms with Gasteiger partial charge in [0.2, 0.25) is 0 Å². The van der Waals surface area contributed by atoms with Crippen molar-refractivity contribution in [3.05, 3.63) is 52.8 Å². The second-order valence-corrected chi connectivity index (χ2v) is 6.02. The van der Waals surface area contributed by atoms with Crippen LogP contribution in [0.2, 0.25) is 5.02 Å². The molecule has 2 rings (SSSR count). The molecular weight excluding hydrogens is 272 g/mol. The number of aromatic nitrogens is 1. The van der Waals surface area contributed by atoms with E-state index >= 15 is 0 Å². The summed E-state index contributed by atoms with van der Waals surface area (Å²) in [6.45, 7) is 6.35. The minimum Gasteiger partial charge on any atom is -0.506 e. The van der Waals surface area contributed by atoms with Crippen LogP contribution in [0, 0.1) is 0 Å². The Labute approximate surface area is 124 Å². The molecule has 104 valence electrons.